The first-order valence-corrected chi connectivity index (χ1v) is 6.58. The first-order chi connectivity index (χ1) is 9.63. The molecule has 1 N–H and O–H groups in total. The van der Waals surface area contributed by atoms with Crippen LogP contribution >= 0.6 is 15.9 Å². The van der Waals surface area contributed by atoms with Gasteiger partial charge in [-0.2, -0.15) is 5.26 Å². The minimum Gasteiger partial charge on any atom is -0.495 e. The van der Waals surface area contributed by atoms with Crippen LogP contribution in [0.15, 0.2) is 46.9 Å². The fraction of sp³-hybridized carbons (Fsp3) is 0.0667. The van der Waals surface area contributed by atoms with Gasteiger partial charge >= 0.3 is 0 Å². The monoisotopic (exact) mass is 330 g/mol. The van der Waals surface area contributed by atoms with Crippen molar-refractivity contribution in [2.24, 2.45) is 0 Å². The number of methoxy groups -OCH3 is 1. The van der Waals surface area contributed by atoms with E-state index in [4.69, 9.17) is 10.00 Å². The molecule has 0 radical (unpaired) electrons. The van der Waals surface area contributed by atoms with Gasteiger partial charge in [-0.05, 0) is 42.5 Å². The van der Waals surface area contributed by atoms with E-state index in [0.717, 1.165) is 4.47 Å². The molecule has 0 saturated heterocycles. The third-order valence-electron chi connectivity index (χ3n) is 2.69. The maximum atomic E-state index is 12.1. The lowest BCUT2D eigenvalue weighted by Gasteiger charge is -2.10. The zero-order valence-electron chi connectivity index (χ0n) is 10.7. The quantitative estimate of drug-likeness (QED) is 0.935. The Kier molecular flexibility index (Phi) is 4.38. The van der Waals surface area contributed by atoms with E-state index in [1.807, 2.05) is 12.1 Å². The summed E-state index contributed by atoms with van der Waals surface area (Å²) in [4.78, 5) is 12.1. The zero-order valence-corrected chi connectivity index (χ0v) is 12.3. The van der Waals surface area contributed by atoms with Gasteiger partial charge in [-0.3, -0.25) is 4.79 Å². The number of carbonyl (C=O) groups excluding carboxylic acids is 1. The summed E-state index contributed by atoms with van der Waals surface area (Å²) in [5.41, 5.74) is 1.57. The highest BCUT2D eigenvalue weighted by Gasteiger charge is 2.10. The van der Waals surface area contributed by atoms with Crippen molar-refractivity contribution >= 4 is 27.5 Å². The molecule has 100 valence electrons. The largest absolute Gasteiger partial charge is 0.495 e. The van der Waals surface area contributed by atoms with Crippen LogP contribution in [0.2, 0.25) is 0 Å². The number of nitrogens with zero attached hydrogens (tertiary/aromatic N) is 1. The number of benzene rings is 2. The van der Waals surface area contributed by atoms with Gasteiger partial charge in [0.05, 0.1) is 24.4 Å². The summed E-state index contributed by atoms with van der Waals surface area (Å²) in [6, 6.07) is 13.8. The predicted molar refractivity (Wildman–Crippen MR) is 79.8 cm³/mol. The number of nitriles is 1. The van der Waals surface area contributed by atoms with Crippen molar-refractivity contribution < 1.29 is 9.53 Å². The summed E-state index contributed by atoms with van der Waals surface area (Å²) < 4.78 is 6.04. The minimum absolute atomic E-state index is 0.258. The van der Waals surface area contributed by atoms with E-state index in [1.54, 1.807) is 43.5 Å². The Balaban J connectivity index is 2.23. The molecular formula is C15H11BrN2O2. The molecule has 20 heavy (non-hydrogen) atoms. The van der Waals surface area contributed by atoms with Crippen molar-refractivity contribution in [3.8, 4) is 11.8 Å². The number of halogens is 1. The molecule has 1 amide bonds. The Morgan fingerprint density at radius 2 is 1.95 bits per heavy atom. The van der Waals surface area contributed by atoms with E-state index in [2.05, 4.69) is 21.2 Å². The minimum atomic E-state index is -0.258. The molecule has 4 nitrogen and oxygen atoms in total. The Labute approximate surface area is 125 Å². The van der Waals surface area contributed by atoms with Gasteiger partial charge in [0.2, 0.25) is 0 Å². The van der Waals surface area contributed by atoms with Crippen molar-refractivity contribution in [3.05, 3.63) is 58.1 Å². The summed E-state index contributed by atoms with van der Waals surface area (Å²) in [6.07, 6.45) is 0. The average Bonchev–Trinajstić information content (AvgIpc) is 2.47. The van der Waals surface area contributed by atoms with Crippen LogP contribution in [-0.4, -0.2) is 13.0 Å². The lowest BCUT2D eigenvalue weighted by molar-refractivity contribution is 0.102. The summed E-state index contributed by atoms with van der Waals surface area (Å²) in [7, 11) is 1.54. The number of anilines is 1. The number of hydrogen-bond donors (Lipinski definition) is 1. The number of ether oxygens (including phenoxy) is 1. The van der Waals surface area contributed by atoms with Gasteiger partial charge in [0.1, 0.15) is 5.75 Å². The van der Waals surface area contributed by atoms with E-state index < -0.39 is 0 Å². The maximum absolute atomic E-state index is 12.1. The van der Waals surface area contributed by atoms with Crippen LogP contribution in [0.5, 0.6) is 5.75 Å². The van der Waals surface area contributed by atoms with E-state index in [9.17, 15) is 4.79 Å². The highest BCUT2D eigenvalue weighted by Crippen LogP contribution is 2.28. The second-order valence-electron chi connectivity index (χ2n) is 3.99. The lowest BCUT2D eigenvalue weighted by atomic mass is 10.1. The molecule has 0 heterocycles. The van der Waals surface area contributed by atoms with E-state index in [0.29, 0.717) is 22.6 Å². The van der Waals surface area contributed by atoms with Gasteiger partial charge in [0.25, 0.3) is 5.91 Å². The molecule has 0 aliphatic heterocycles. The van der Waals surface area contributed by atoms with E-state index in [1.165, 1.54) is 0 Å². The van der Waals surface area contributed by atoms with Crippen molar-refractivity contribution in [3.63, 3.8) is 0 Å². The predicted octanol–water partition coefficient (Wildman–Crippen LogP) is 3.58. The topological polar surface area (TPSA) is 62.1 Å². The van der Waals surface area contributed by atoms with Gasteiger partial charge in [0.15, 0.2) is 0 Å². The normalized spacial score (nSPS) is 9.65. The van der Waals surface area contributed by atoms with Crippen LogP contribution in [0.3, 0.4) is 0 Å². The molecule has 0 aliphatic carbocycles. The van der Waals surface area contributed by atoms with Gasteiger partial charge < -0.3 is 10.1 Å². The van der Waals surface area contributed by atoms with Crippen molar-refractivity contribution in [2.45, 2.75) is 0 Å². The number of hydrogen-bond acceptors (Lipinski definition) is 3. The second kappa shape index (κ2) is 6.22. The van der Waals surface area contributed by atoms with Gasteiger partial charge in [-0.15, -0.1) is 0 Å². The molecule has 0 bridgehead atoms. The third-order valence-corrected chi connectivity index (χ3v) is 3.18. The Morgan fingerprint density at radius 1 is 1.25 bits per heavy atom. The van der Waals surface area contributed by atoms with Crippen molar-refractivity contribution in [2.75, 3.05) is 12.4 Å². The molecule has 0 unspecified atom stereocenters. The van der Waals surface area contributed by atoms with E-state index in [-0.39, 0.29) is 5.91 Å². The molecule has 0 spiro atoms. The number of rotatable bonds is 3. The molecule has 5 heteroatoms. The first kappa shape index (κ1) is 14.1. The summed E-state index contributed by atoms with van der Waals surface area (Å²) in [6.45, 7) is 0. The molecule has 0 aromatic heterocycles. The van der Waals surface area contributed by atoms with Crippen LogP contribution in [0.4, 0.5) is 5.69 Å². The molecule has 2 aromatic rings. The van der Waals surface area contributed by atoms with E-state index >= 15 is 0 Å². The highest BCUT2D eigenvalue weighted by atomic mass is 79.9. The van der Waals surface area contributed by atoms with Gasteiger partial charge in [-0.25, -0.2) is 0 Å². The third kappa shape index (κ3) is 3.16. The molecule has 0 fully saturated rings. The number of nitrogens with one attached hydrogen (secondary N) is 1. The van der Waals surface area contributed by atoms with Crippen molar-refractivity contribution in [1.82, 2.24) is 0 Å². The van der Waals surface area contributed by atoms with Crippen LogP contribution < -0.4 is 10.1 Å². The zero-order chi connectivity index (χ0) is 14.5. The second-order valence-corrected chi connectivity index (χ2v) is 4.90. The molecule has 0 atom stereocenters. The number of amides is 1. The Bertz CT molecular complexity index is 675. The fourth-order valence-corrected chi connectivity index (χ4v) is 2.03. The molecule has 0 aliphatic rings. The van der Waals surface area contributed by atoms with Crippen LogP contribution in [0.1, 0.15) is 15.9 Å². The SMILES string of the molecule is COc1ccc(Br)cc1NC(=O)c1ccc(C#N)cc1. The highest BCUT2D eigenvalue weighted by molar-refractivity contribution is 9.10. The summed E-state index contributed by atoms with van der Waals surface area (Å²) in [5, 5.41) is 11.5. The standard InChI is InChI=1S/C15H11BrN2O2/c1-20-14-7-6-12(16)8-13(14)18-15(19)11-4-2-10(9-17)3-5-11/h2-8H,1H3,(H,18,19). The van der Waals surface area contributed by atoms with Crippen LogP contribution in [0.25, 0.3) is 0 Å². The lowest BCUT2D eigenvalue weighted by Crippen LogP contribution is -2.12. The summed E-state index contributed by atoms with van der Waals surface area (Å²) >= 11 is 3.35. The maximum Gasteiger partial charge on any atom is 0.255 e. The average molecular weight is 331 g/mol. The molecular weight excluding hydrogens is 320 g/mol. The molecule has 0 saturated carbocycles. The van der Waals surface area contributed by atoms with Crippen LogP contribution in [0, 0.1) is 11.3 Å². The first-order valence-electron chi connectivity index (χ1n) is 5.79. The van der Waals surface area contributed by atoms with Gasteiger partial charge in [0, 0.05) is 10.0 Å². The smallest absolute Gasteiger partial charge is 0.255 e. The van der Waals surface area contributed by atoms with Crippen LogP contribution in [-0.2, 0) is 0 Å². The Morgan fingerprint density at radius 3 is 2.55 bits per heavy atom. The fourth-order valence-electron chi connectivity index (χ4n) is 1.67. The molecule has 2 aromatic carbocycles. The van der Waals surface area contributed by atoms with Crippen molar-refractivity contribution in [1.29, 1.82) is 5.26 Å². The van der Waals surface area contributed by atoms with Gasteiger partial charge in [-0.1, -0.05) is 15.9 Å². The number of carbonyl (C=O) groups is 1. The summed E-state index contributed by atoms with van der Waals surface area (Å²) in [5.74, 6) is 0.320. The molecule has 2 rings (SSSR count). The Hall–Kier alpha value is -2.32.